The molecule has 102 valence electrons. The first-order valence-electron chi connectivity index (χ1n) is 6.76. The summed E-state index contributed by atoms with van der Waals surface area (Å²) in [7, 11) is 0. The summed E-state index contributed by atoms with van der Waals surface area (Å²) in [6.07, 6.45) is 1.12. The fourth-order valence-corrected chi connectivity index (χ4v) is 1.81. The van der Waals surface area contributed by atoms with Crippen molar-refractivity contribution in [1.82, 2.24) is 10.6 Å². The second-order valence-corrected chi connectivity index (χ2v) is 5.20. The Morgan fingerprint density at radius 2 is 1.89 bits per heavy atom. The van der Waals surface area contributed by atoms with Crippen LogP contribution in [0.4, 0.5) is 4.39 Å². The van der Waals surface area contributed by atoms with E-state index < -0.39 is 0 Å². The van der Waals surface area contributed by atoms with Gasteiger partial charge in [-0.25, -0.2) is 4.39 Å². The number of benzene rings is 1. The standard InChI is InChI=1S/C15H25FN2/c1-12(2)10-17-7-4-8-18-11-14-5-6-15(16)9-13(14)3/h5-6,9,12,17-18H,4,7-8,10-11H2,1-3H3. The summed E-state index contributed by atoms with van der Waals surface area (Å²) < 4.78 is 12.9. The lowest BCUT2D eigenvalue weighted by Gasteiger charge is -2.09. The number of nitrogens with one attached hydrogen (secondary N) is 2. The van der Waals surface area contributed by atoms with Gasteiger partial charge >= 0.3 is 0 Å². The average molecular weight is 252 g/mol. The van der Waals surface area contributed by atoms with Crippen LogP contribution in [0.2, 0.25) is 0 Å². The predicted octanol–water partition coefficient (Wildman–Crippen LogP) is 2.86. The van der Waals surface area contributed by atoms with Crippen LogP contribution in [-0.2, 0) is 6.54 Å². The Bertz CT molecular complexity index is 350. The zero-order valence-corrected chi connectivity index (χ0v) is 11.7. The largest absolute Gasteiger partial charge is 0.316 e. The van der Waals surface area contributed by atoms with E-state index in [-0.39, 0.29) is 5.82 Å². The third-order valence-electron chi connectivity index (χ3n) is 2.88. The van der Waals surface area contributed by atoms with Gasteiger partial charge in [-0.2, -0.15) is 0 Å². The fourth-order valence-electron chi connectivity index (χ4n) is 1.81. The number of hydrogen-bond donors (Lipinski definition) is 2. The lowest BCUT2D eigenvalue weighted by molar-refractivity contribution is 0.530. The zero-order valence-electron chi connectivity index (χ0n) is 11.7. The summed E-state index contributed by atoms with van der Waals surface area (Å²) in [5, 5.41) is 6.80. The zero-order chi connectivity index (χ0) is 13.4. The summed E-state index contributed by atoms with van der Waals surface area (Å²) in [6, 6.07) is 4.96. The molecule has 0 saturated carbocycles. The van der Waals surface area contributed by atoms with Crippen molar-refractivity contribution in [2.24, 2.45) is 5.92 Å². The van der Waals surface area contributed by atoms with Gasteiger partial charge in [-0.05, 0) is 62.2 Å². The van der Waals surface area contributed by atoms with Gasteiger partial charge in [0.1, 0.15) is 5.82 Å². The minimum atomic E-state index is -0.158. The molecule has 0 radical (unpaired) electrons. The van der Waals surface area contributed by atoms with E-state index in [4.69, 9.17) is 0 Å². The number of hydrogen-bond acceptors (Lipinski definition) is 2. The Balaban J connectivity index is 2.11. The molecule has 1 aromatic carbocycles. The number of halogens is 1. The van der Waals surface area contributed by atoms with Crippen LogP contribution in [0.3, 0.4) is 0 Å². The lowest BCUT2D eigenvalue weighted by atomic mass is 10.1. The maximum absolute atomic E-state index is 12.9. The molecule has 3 heteroatoms. The van der Waals surface area contributed by atoms with E-state index in [1.165, 1.54) is 11.6 Å². The van der Waals surface area contributed by atoms with Gasteiger partial charge in [-0.1, -0.05) is 19.9 Å². The minimum absolute atomic E-state index is 0.158. The molecule has 2 nitrogen and oxygen atoms in total. The number of rotatable bonds is 8. The van der Waals surface area contributed by atoms with Crippen LogP contribution in [0.5, 0.6) is 0 Å². The molecule has 1 aromatic rings. The van der Waals surface area contributed by atoms with Crippen molar-refractivity contribution in [3.8, 4) is 0 Å². The van der Waals surface area contributed by atoms with Crippen molar-refractivity contribution in [3.05, 3.63) is 35.1 Å². The second-order valence-electron chi connectivity index (χ2n) is 5.20. The van der Waals surface area contributed by atoms with Crippen LogP contribution >= 0.6 is 0 Å². The SMILES string of the molecule is Cc1cc(F)ccc1CNCCCNCC(C)C. The first kappa shape index (κ1) is 15.1. The van der Waals surface area contributed by atoms with Crippen LogP contribution in [0.15, 0.2) is 18.2 Å². The molecule has 2 N–H and O–H groups in total. The van der Waals surface area contributed by atoms with Crippen molar-refractivity contribution in [1.29, 1.82) is 0 Å². The summed E-state index contributed by atoms with van der Waals surface area (Å²) in [5.41, 5.74) is 2.19. The van der Waals surface area contributed by atoms with Crippen molar-refractivity contribution < 1.29 is 4.39 Å². The first-order valence-corrected chi connectivity index (χ1v) is 6.76. The van der Waals surface area contributed by atoms with Gasteiger partial charge in [0.15, 0.2) is 0 Å². The van der Waals surface area contributed by atoms with Crippen LogP contribution in [0, 0.1) is 18.7 Å². The van der Waals surface area contributed by atoms with Crippen LogP contribution in [0.1, 0.15) is 31.4 Å². The van der Waals surface area contributed by atoms with Crippen molar-refractivity contribution >= 4 is 0 Å². The van der Waals surface area contributed by atoms with Gasteiger partial charge in [0.25, 0.3) is 0 Å². The van der Waals surface area contributed by atoms with E-state index in [1.807, 2.05) is 13.0 Å². The van der Waals surface area contributed by atoms with E-state index in [0.717, 1.165) is 38.2 Å². The van der Waals surface area contributed by atoms with Gasteiger partial charge < -0.3 is 10.6 Å². The molecule has 0 aliphatic carbocycles. The molecule has 1 rings (SSSR count). The molecular formula is C15H25FN2. The van der Waals surface area contributed by atoms with Crippen molar-refractivity contribution in [2.75, 3.05) is 19.6 Å². The van der Waals surface area contributed by atoms with Crippen LogP contribution in [0.25, 0.3) is 0 Å². The first-order chi connectivity index (χ1) is 8.59. The second kappa shape index (κ2) is 8.22. The maximum atomic E-state index is 12.9. The van der Waals surface area contributed by atoms with Gasteiger partial charge in [-0.3, -0.25) is 0 Å². The lowest BCUT2D eigenvalue weighted by Crippen LogP contribution is -2.24. The van der Waals surface area contributed by atoms with E-state index in [0.29, 0.717) is 5.92 Å². The molecule has 18 heavy (non-hydrogen) atoms. The summed E-state index contributed by atoms with van der Waals surface area (Å²) >= 11 is 0. The van der Waals surface area contributed by atoms with Gasteiger partial charge in [0.05, 0.1) is 0 Å². The summed E-state index contributed by atoms with van der Waals surface area (Å²) in [4.78, 5) is 0. The average Bonchev–Trinajstić information content (AvgIpc) is 2.30. The third kappa shape index (κ3) is 6.12. The Morgan fingerprint density at radius 1 is 1.17 bits per heavy atom. The molecule has 0 atom stereocenters. The molecule has 0 amide bonds. The van der Waals surface area contributed by atoms with Crippen molar-refractivity contribution in [3.63, 3.8) is 0 Å². The van der Waals surface area contributed by atoms with E-state index in [2.05, 4.69) is 24.5 Å². The maximum Gasteiger partial charge on any atom is 0.123 e. The highest BCUT2D eigenvalue weighted by Crippen LogP contribution is 2.09. The molecule has 0 aliphatic heterocycles. The molecular weight excluding hydrogens is 227 g/mol. The molecule has 0 saturated heterocycles. The highest BCUT2D eigenvalue weighted by atomic mass is 19.1. The molecule has 0 fully saturated rings. The topological polar surface area (TPSA) is 24.1 Å². The Kier molecular flexibility index (Phi) is 6.91. The molecule has 0 unspecified atom stereocenters. The minimum Gasteiger partial charge on any atom is -0.316 e. The highest BCUT2D eigenvalue weighted by molar-refractivity contribution is 5.26. The van der Waals surface area contributed by atoms with Gasteiger partial charge in [-0.15, -0.1) is 0 Å². The molecule has 0 bridgehead atoms. The summed E-state index contributed by atoms with van der Waals surface area (Å²) in [5.74, 6) is 0.550. The highest BCUT2D eigenvalue weighted by Gasteiger charge is 1.99. The van der Waals surface area contributed by atoms with Crippen LogP contribution < -0.4 is 10.6 Å². The Labute approximate surface area is 110 Å². The van der Waals surface area contributed by atoms with E-state index >= 15 is 0 Å². The van der Waals surface area contributed by atoms with Gasteiger partial charge in [0.2, 0.25) is 0 Å². The predicted molar refractivity (Wildman–Crippen MR) is 75.2 cm³/mol. The van der Waals surface area contributed by atoms with E-state index in [9.17, 15) is 4.39 Å². The normalized spacial score (nSPS) is 11.2. The monoisotopic (exact) mass is 252 g/mol. The Hall–Kier alpha value is -0.930. The molecule has 0 aromatic heterocycles. The van der Waals surface area contributed by atoms with E-state index in [1.54, 1.807) is 6.07 Å². The quantitative estimate of drug-likeness (QED) is 0.695. The molecule has 0 spiro atoms. The molecule has 0 heterocycles. The summed E-state index contributed by atoms with van der Waals surface area (Å²) in [6.45, 7) is 10.3. The van der Waals surface area contributed by atoms with Gasteiger partial charge in [0, 0.05) is 6.54 Å². The smallest absolute Gasteiger partial charge is 0.123 e. The van der Waals surface area contributed by atoms with Crippen molar-refractivity contribution in [2.45, 2.75) is 33.7 Å². The number of aryl methyl sites for hydroxylation is 1. The molecule has 0 aliphatic rings. The van der Waals surface area contributed by atoms with Crippen LogP contribution in [-0.4, -0.2) is 19.6 Å². The Morgan fingerprint density at radius 3 is 2.56 bits per heavy atom. The third-order valence-corrected chi connectivity index (χ3v) is 2.88. The fraction of sp³-hybridized carbons (Fsp3) is 0.600.